The Balaban J connectivity index is 1.58. The van der Waals surface area contributed by atoms with E-state index in [1.165, 1.54) is 18.2 Å². The molecule has 3 aromatic rings. The second kappa shape index (κ2) is 13.5. The molecule has 188 valence electrons. The van der Waals surface area contributed by atoms with Crippen molar-refractivity contribution in [2.75, 3.05) is 5.75 Å². The Hall–Kier alpha value is -2.76. The van der Waals surface area contributed by atoms with Gasteiger partial charge in [0, 0.05) is 28.9 Å². The monoisotopic (exact) mass is 520 g/mol. The molecule has 36 heavy (non-hydrogen) atoms. The Bertz CT molecular complexity index is 1100. The van der Waals surface area contributed by atoms with Gasteiger partial charge in [0.2, 0.25) is 11.8 Å². The molecule has 0 aliphatic heterocycles. The van der Waals surface area contributed by atoms with Crippen LogP contribution < -0.4 is 5.32 Å². The smallest absolute Gasteiger partial charge is 0.243 e. The average molecular weight is 521 g/mol. The van der Waals surface area contributed by atoms with Crippen LogP contribution >= 0.6 is 23.4 Å². The fourth-order valence-electron chi connectivity index (χ4n) is 4.64. The van der Waals surface area contributed by atoms with E-state index in [4.69, 9.17) is 11.6 Å². The third-order valence-corrected chi connectivity index (χ3v) is 7.84. The molecular weight excluding hydrogens is 488 g/mol. The van der Waals surface area contributed by atoms with E-state index >= 15 is 0 Å². The fraction of sp³-hybridized carbons (Fsp3) is 0.333. The molecule has 6 heteroatoms. The second-order valence-corrected chi connectivity index (χ2v) is 10.8. The molecule has 3 aromatic carbocycles. The van der Waals surface area contributed by atoms with Crippen LogP contribution in [0.4, 0.5) is 0 Å². The highest BCUT2D eigenvalue weighted by molar-refractivity contribution is 8.00. The molecule has 0 aromatic heterocycles. The molecule has 2 amide bonds. The van der Waals surface area contributed by atoms with E-state index in [2.05, 4.69) is 5.32 Å². The number of carbonyl (C=O) groups excluding carboxylic acids is 2. The fourth-order valence-corrected chi connectivity index (χ4v) is 5.55. The maximum Gasteiger partial charge on any atom is 0.243 e. The van der Waals surface area contributed by atoms with Gasteiger partial charge in [-0.1, -0.05) is 91.5 Å². The van der Waals surface area contributed by atoms with Crippen molar-refractivity contribution < 1.29 is 9.59 Å². The van der Waals surface area contributed by atoms with Crippen LogP contribution in [-0.4, -0.2) is 34.6 Å². The molecule has 0 bridgehead atoms. The maximum absolute atomic E-state index is 13.7. The van der Waals surface area contributed by atoms with E-state index in [-0.39, 0.29) is 23.6 Å². The van der Waals surface area contributed by atoms with Gasteiger partial charge in [0.1, 0.15) is 6.04 Å². The lowest BCUT2D eigenvalue weighted by Crippen LogP contribution is -2.53. The van der Waals surface area contributed by atoms with E-state index in [9.17, 15) is 9.59 Å². The van der Waals surface area contributed by atoms with Crippen molar-refractivity contribution in [1.82, 2.24) is 10.2 Å². The average Bonchev–Trinajstić information content (AvgIpc) is 2.92. The highest BCUT2D eigenvalue weighted by Crippen LogP contribution is 2.23. The molecule has 1 unspecified atom stereocenters. The third-order valence-electron chi connectivity index (χ3n) is 6.59. The Labute approximate surface area is 223 Å². The summed E-state index contributed by atoms with van der Waals surface area (Å²) >= 11 is 7.49. The van der Waals surface area contributed by atoms with Gasteiger partial charge < -0.3 is 10.2 Å². The third kappa shape index (κ3) is 7.87. The summed E-state index contributed by atoms with van der Waals surface area (Å²) in [6.45, 7) is 0.385. The number of carbonyl (C=O) groups is 2. The number of rotatable bonds is 10. The molecular formula is C30H33ClN2O2S. The van der Waals surface area contributed by atoms with Crippen LogP contribution in [-0.2, 0) is 22.6 Å². The highest BCUT2D eigenvalue weighted by atomic mass is 35.5. The Morgan fingerprint density at radius 3 is 2.11 bits per heavy atom. The zero-order valence-electron chi connectivity index (χ0n) is 20.4. The van der Waals surface area contributed by atoms with Crippen molar-refractivity contribution >= 4 is 35.2 Å². The van der Waals surface area contributed by atoms with Gasteiger partial charge in [-0.3, -0.25) is 9.59 Å². The lowest BCUT2D eigenvalue weighted by molar-refractivity contribution is -0.139. The van der Waals surface area contributed by atoms with Gasteiger partial charge in [-0.2, -0.15) is 0 Å². The quantitative estimate of drug-likeness (QED) is 0.309. The van der Waals surface area contributed by atoms with Crippen molar-refractivity contribution in [2.24, 2.45) is 0 Å². The van der Waals surface area contributed by atoms with E-state index in [1.807, 2.05) is 84.9 Å². The summed E-state index contributed by atoms with van der Waals surface area (Å²) in [7, 11) is 0. The van der Waals surface area contributed by atoms with E-state index < -0.39 is 6.04 Å². The number of hydrogen-bond donors (Lipinski definition) is 1. The van der Waals surface area contributed by atoms with Crippen LogP contribution in [0.25, 0.3) is 0 Å². The van der Waals surface area contributed by atoms with Gasteiger partial charge in [-0.15, -0.1) is 11.8 Å². The number of halogens is 1. The van der Waals surface area contributed by atoms with Crippen LogP contribution in [0.5, 0.6) is 0 Å². The minimum absolute atomic E-state index is 0.0569. The second-order valence-electron chi connectivity index (χ2n) is 9.30. The summed E-state index contributed by atoms with van der Waals surface area (Å²) in [6.07, 6.45) is 5.98. The van der Waals surface area contributed by atoms with Crippen molar-refractivity contribution in [1.29, 1.82) is 0 Å². The van der Waals surface area contributed by atoms with Gasteiger partial charge in [0.25, 0.3) is 0 Å². The van der Waals surface area contributed by atoms with E-state index in [0.29, 0.717) is 18.0 Å². The Morgan fingerprint density at radius 2 is 1.47 bits per heavy atom. The van der Waals surface area contributed by atoms with Crippen molar-refractivity contribution in [3.63, 3.8) is 0 Å². The molecule has 1 atom stereocenters. The zero-order valence-corrected chi connectivity index (χ0v) is 22.0. The molecule has 4 nitrogen and oxygen atoms in total. The van der Waals surface area contributed by atoms with E-state index in [1.54, 1.807) is 4.90 Å². The summed E-state index contributed by atoms with van der Waals surface area (Å²) in [6, 6.07) is 26.9. The van der Waals surface area contributed by atoms with Crippen LogP contribution in [0, 0.1) is 0 Å². The predicted molar refractivity (Wildman–Crippen MR) is 148 cm³/mol. The minimum atomic E-state index is -0.590. The first-order chi connectivity index (χ1) is 17.6. The molecule has 0 saturated heterocycles. The summed E-state index contributed by atoms with van der Waals surface area (Å²) in [5.74, 6) is 0.126. The Kier molecular flexibility index (Phi) is 9.88. The van der Waals surface area contributed by atoms with Gasteiger partial charge >= 0.3 is 0 Å². The summed E-state index contributed by atoms with van der Waals surface area (Å²) < 4.78 is 0. The standard InChI is InChI=1S/C30H33ClN2O2S/c31-25-16-18-27(19-17-25)36-22-29(34)33(21-24-12-6-2-7-13-24)28(20-23-10-4-1-5-11-23)30(35)32-26-14-8-3-9-15-26/h1-2,4-7,10-13,16-19,26,28H,3,8-9,14-15,20-22H2,(H,32,35). The van der Waals surface area contributed by atoms with Gasteiger partial charge in [0.15, 0.2) is 0 Å². The molecule has 4 rings (SSSR count). The molecule has 0 radical (unpaired) electrons. The normalized spacial score (nSPS) is 14.7. The van der Waals surface area contributed by atoms with E-state index in [0.717, 1.165) is 41.7 Å². The van der Waals surface area contributed by atoms with Crippen molar-refractivity contribution in [3.05, 3.63) is 101 Å². The van der Waals surface area contributed by atoms with Crippen LogP contribution in [0.15, 0.2) is 89.8 Å². The van der Waals surface area contributed by atoms with Crippen LogP contribution in [0.2, 0.25) is 5.02 Å². The topological polar surface area (TPSA) is 49.4 Å². The predicted octanol–water partition coefficient (Wildman–Crippen LogP) is 6.52. The number of nitrogens with one attached hydrogen (secondary N) is 1. The molecule has 0 spiro atoms. The number of benzene rings is 3. The molecule has 1 aliphatic rings. The van der Waals surface area contributed by atoms with Crippen LogP contribution in [0.1, 0.15) is 43.2 Å². The molecule has 1 N–H and O–H groups in total. The SMILES string of the molecule is O=C(NC1CCCCC1)C(Cc1ccccc1)N(Cc1ccccc1)C(=O)CSc1ccc(Cl)cc1. The molecule has 1 fully saturated rings. The minimum Gasteiger partial charge on any atom is -0.352 e. The molecule has 1 saturated carbocycles. The number of hydrogen-bond acceptors (Lipinski definition) is 3. The van der Waals surface area contributed by atoms with Crippen molar-refractivity contribution in [2.45, 2.75) is 62.0 Å². The summed E-state index contributed by atoms with van der Waals surface area (Å²) in [4.78, 5) is 30.2. The van der Waals surface area contributed by atoms with Crippen LogP contribution in [0.3, 0.4) is 0 Å². The molecule has 0 heterocycles. The summed E-state index contributed by atoms with van der Waals surface area (Å²) in [5, 5.41) is 3.95. The first-order valence-electron chi connectivity index (χ1n) is 12.6. The zero-order chi connectivity index (χ0) is 25.2. The number of nitrogens with zero attached hydrogens (tertiary/aromatic N) is 1. The number of thioether (sulfide) groups is 1. The first-order valence-corrected chi connectivity index (χ1v) is 14.0. The Morgan fingerprint density at radius 1 is 0.861 bits per heavy atom. The lowest BCUT2D eigenvalue weighted by Gasteiger charge is -2.33. The lowest BCUT2D eigenvalue weighted by atomic mass is 9.94. The first kappa shape index (κ1) is 26.3. The maximum atomic E-state index is 13.7. The van der Waals surface area contributed by atoms with Gasteiger partial charge in [0.05, 0.1) is 5.75 Å². The van der Waals surface area contributed by atoms with Crippen molar-refractivity contribution in [3.8, 4) is 0 Å². The summed E-state index contributed by atoms with van der Waals surface area (Å²) in [5.41, 5.74) is 2.04. The largest absolute Gasteiger partial charge is 0.352 e. The highest BCUT2D eigenvalue weighted by Gasteiger charge is 2.31. The number of amides is 2. The van der Waals surface area contributed by atoms with Gasteiger partial charge in [-0.25, -0.2) is 0 Å². The van der Waals surface area contributed by atoms with Gasteiger partial charge in [-0.05, 0) is 48.2 Å². The molecule has 1 aliphatic carbocycles.